The van der Waals surface area contributed by atoms with Gasteiger partial charge in [0, 0.05) is 0 Å². The van der Waals surface area contributed by atoms with Crippen LogP contribution in [0.4, 0.5) is 0 Å². The average Bonchev–Trinajstić information content (AvgIpc) is 2.99. The zero-order chi connectivity index (χ0) is 24.7. The topological polar surface area (TPSA) is 60.7 Å². The van der Waals surface area contributed by atoms with E-state index >= 15 is 0 Å². The molecule has 0 bridgehead atoms. The summed E-state index contributed by atoms with van der Waals surface area (Å²) < 4.78 is 0. The predicted molar refractivity (Wildman–Crippen MR) is 136 cm³/mol. The lowest BCUT2D eigenvalue weighted by molar-refractivity contribution is -0.246. The maximum atomic E-state index is 12.2. The van der Waals surface area contributed by atoms with Crippen molar-refractivity contribution in [2.24, 2.45) is 39.4 Å². The summed E-state index contributed by atoms with van der Waals surface area (Å²) in [5, 5.41) is 34.7. The van der Waals surface area contributed by atoms with Crippen molar-refractivity contribution in [2.45, 2.75) is 137 Å². The summed E-state index contributed by atoms with van der Waals surface area (Å²) in [4.78, 5) is 0. The minimum atomic E-state index is -1.07. The van der Waals surface area contributed by atoms with Gasteiger partial charge >= 0.3 is 0 Å². The Morgan fingerprint density at radius 3 is 2.09 bits per heavy atom. The first-order chi connectivity index (χ1) is 15.1. The maximum absolute atomic E-state index is 12.2. The van der Waals surface area contributed by atoms with E-state index in [9.17, 15) is 15.3 Å². The van der Waals surface area contributed by atoms with Gasteiger partial charge in [0.1, 0.15) is 0 Å². The summed E-state index contributed by atoms with van der Waals surface area (Å²) in [7, 11) is 0. The van der Waals surface area contributed by atoms with Gasteiger partial charge in [0.15, 0.2) is 0 Å². The average molecular weight is 461 g/mol. The van der Waals surface area contributed by atoms with E-state index in [-0.39, 0.29) is 33.7 Å². The maximum Gasteiger partial charge on any atom is 0.0964 e. The molecule has 3 N–H and O–H groups in total. The molecule has 9 atom stereocenters. The standard InChI is InChI=1S/C30H52O3/c1-20(2)10-9-15-29(8,32)30(33)19-18-28(7)23(30)12-11-22-26(5)16-14-24(31)25(3,4)21(26)13-17-27(22,28)6/h10,21-24,31-33H,9,11-19H2,1-8H3/t21?,22?,23?,24-,26-,27+,28+,29?,30+/m0/s1. The van der Waals surface area contributed by atoms with E-state index in [1.807, 2.05) is 6.92 Å². The molecule has 3 nitrogen and oxygen atoms in total. The molecule has 0 radical (unpaired) electrons. The highest BCUT2D eigenvalue weighted by Gasteiger charge is 2.72. The van der Waals surface area contributed by atoms with Crippen molar-refractivity contribution in [1.29, 1.82) is 0 Å². The number of hydrogen-bond acceptors (Lipinski definition) is 3. The van der Waals surface area contributed by atoms with Crippen molar-refractivity contribution in [3.05, 3.63) is 11.6 Å². The Kier molecular flexibility index (Phi) is 6.08. The van der Waals surface area contributed by atoms with Crippen LogP contribution < -0.4 is 0 Å². The third-order valence-corrected chi connectivity index (χ3v) is 12.6. The van der Waals surface area contributed by atoms with Crippen LogP contribution in [0.2, 0.25) is 0 Å². The number of rotatable bonds is 4. The molecule has 4 rings (SSSR count). The van der Waals surface area contributed by atoms with E-state index in [4.69, 9.17) is 0 Å². The second-order valence-corrected chi connectivity index (χ2v) is 14.5. The van der Waals surface area contributed by atoms with Gasteiger partial charge in [-0.15, -0.1) is 0 Å². The van der Waals surface area contributed by atoms with E-state index in [0.29, 0.717) is 24.7 Å². The summed E-state index contributed by atoms with van der Waals surface area (Å²) in [5.41, 5.74) is -0.381. The zero-order valence-corrected chi connectivity index (χ0v) is 22.8. The number of aliphatic hydroxyl groups is 3. The quantitative estimate of drug-likeness (QED) is 0.412. The molecule has 0 aliphatic heterocycles. The minimum Gasteiger partial charge on any atom is -0.393 e. The Morgan fingerprint density at radius 2 is 1.45 bits per heavy atom. The summed E-state index contributed by atoms with van der Waals surface area (Å²) in [6, 6.07) is 0. The first kappa shape index (κ1) is 25.7. The number of hydrogen-bond donors (Lipinski definition) is 3. The zero-order valence-electron chi connectivity index (χ0n) is 22.8. The molecule has 0 amide bonds. The van der Waals surface area contributed by atoms with Crippen LogP contribution >= 0.6 is 0 Å². The van der Waals surface area contributed by atoms with Gasteiger partial charge in [-0.05, 0) is 124 Å². The molecule has 190 valence electrons. The van der Waals surface area contributed by atoms with Gasteiger partial charge in [-0.1, -0.05) is 46.3 Å². The molecule has 0 spiro atoms. The highest BCUT2D eigenvalue weighted by atomic mass is 16.4. The molecule has 4 saturated carbocycles. The molecule has 0 aromatic heterocycles. The van der Waals surface area contributed by atoms with Crippen molar-refractivity contribution in [1.82, 2.24) is 0 Å². The Hall–Kier alpha value is -0.380. The van der Waals surface area contributed by atoms with Crippen LogP contribution in [0.3, 0.4) is 0 Å². The van der Waals surface area contributed by atoms with Crippen molar-refractivity contribution < 1.29 is 15.3 Å². The monoisotopic (exact) mass is 460 g/mol. The summed E-state index contributed by atoms with van der Waals surface area (Å²) in [6.45, 7) is 18.2. The largest absolute Gasteiger partial charge is 0.393 e. The first-order valence-corrected chi connectivity index (χ1v) is 13.8. The lowest BCUT2D eigenvalue weighted by atomic mass is 9.35. The second-order valence-electron chi connectivity index (χ2n) is 14.5. The van der Waals surface area contributed by atoms with Crippen LogP contribution in [0, 0.1) is 39.4 Å². The van der Waals surface area contributed by atoms with Gasteiger partial charge in [-0.25, -0.2) is 0 Å². The van der Waals surface area contributed by atoms with Gasteiger partial charge in [0.25, 0.3) is 0 Å². The summed E-state index contributed by atoms with van der Waals surface area (Å²) in [5.74, 6) is 1.32. The van der Waals surface area contributed by atoms with Crippen LogP contribution in [0.25, 0.3) is 0 Å². The van der Waals surface area contributed by atoms with Crippen molar-refractivity contribution in [3.8, 4) is 0 Å². The highest BCUT2D eigenvalue weighted by Crippen LogP contribution is 2.76. The predicted octanol–water partition coefficient (Wildman–Crippen LogP) is 6.64. The summed E-state index contributed by atoms with van der Waals surface area (Å²) >= 11 is 0. The SMILES string of the molecule is CC(C)=CCCC(C)(O)[C@@]1(O)CC[C@]2(C)C1CCC1[C@@]3(C)CC[C@H](O)C(C)(C)C3CC[C@]12C. The fraction of sp³-hybridized carbons (Fsp3) is 0.933. The van der Waals surface area contributed by atoms with Crippen molar-refractivity contribution in [3.63, 3.8) is 0 Å². The first-order valence-electron chi connectivity index (χ1n) is 13.8. The molecule has 0 aromatic rings. The smallest absolute Gasteiger partial charge is 0.0964 e. The fourth-order valence-electron chi connectivity index (χ4n) is 10.3. The normalized spacial score (nSPS) is 50.5. The molecule has 4 aliphatic carbocycles. The van der Waals surface area contributed by atoms with Crippen LogP contribution in [-0.4, -0.2) is 32.6 Å². The number of allylic oxidation sites excluding steroid dienone is 2. The van der Waals surface area contributed by atoms with Crippen molar-refractivity contribution >= 4 is 0 Å². The van der Waals surface area contributed by atoms with Gasteiger partial charge < -0.3 is 15.3 Å². The summed E-state index contributed by atoms with van der Waals surface area (Å²) in [6.07, 6.45) is 11.7. The van der Waals surface area contributed by atoms with Crippen LogP contribution in [0.1, 0.15) is 120 Å². The minimum absolute atomic E-state index is 0.0307. The lowest BCUT2D eigenvalue weighted by Crippen LogP contribution is -2.66. The lowest BCUT2D eigenvalue weighted by Gasteiger charge is -2.70. The second kappa shape index (κ2) is 7.81. The Balaban J connectivity index is 1.66. The van der Waals surface area contributed by atoms with Gasteiger partial charge in [-0.2, -0.15) is 0 Å². The molecular weight excluding hydrogens is 408 g/mol. The molecule has 0 heterocycles. The van der Waals surface area contributed by atoms with E-state index in [1.54, 1.807) is 0 Å². The van der Waals surface area contributed by atoms with E-state index in [2.05, 4.69) is 54.5 Å². The van der Waals surface area contributed by atoms with Crippen LogP contribution in [0.15, 0.2) is 11.6 Å². The molecule has 0 aromatic carbocycles. The van der Waals surface area contributed by atoms with Gasteiger partial charge in [0.2, 0.25) is 0 Å². The molecule has 33 heavy (non-hydrogen) atoms. The molecule has 4 aliphatic rings. The molecule has 4 fully saturated rings. The number of fused-ring (bicyclic) bond motifs is 5. The van der Waals surface area contributed by atoms with Crippen LogP contribution in [-0.2, 0) is 0 Å². The highest BCUT2D eigenvalue weighted by molar-refractivity contribution is 5.22. The van der Waals surface area contributed by atoms with E-state index < -0.39 is 11.2 Å². The third-order valence-electron chi connectivity index (χ3n) is 12.6. The van der Waals surface area contributed by atoms with Crippen LogP contribution in [0.5, 0.6) is 0 Å². The molecular formula is C30H52O3. The molecule has 3 heteroatoms. The Morgan fingerprint density at radius 1 is 0.848 bits per heavy atom. The molecule has 4 unspecified atom stereocenters. The molecule has 0 saturated heterocycles. The van der Waals surface area contributed by atoms with Crippen molar-refractivity contribution in [2.75, 3.05) is 0 Å². The number of aliphatic hydroxyl groups excluding tert-OH is 1. The Labute approximate surface area is 203 Å². The van der Waals surface area contributed by atoms with Gasteiger partial charge in [0.05, 0.1) is 17.3 Å². The van der Waals surface area contributed by atoms with E-state index in [0.717, 1.165) is 38.5 Å². The van der Waals surface area contributed by atoms with Gasteiger partial charge in [-0.3, -0.25) is 0 Å². The third kappa shape index (κ3) is 3.38. The van der Waals surface area contributed by atoms with E-state index in [1.165, 1.54) is 18.4 Å². The fourth-order valence-corrected chi connectivity index (χ4v) is 10.3. The Bertz CT molecular complexity index is 794.